The maximum absolute atomic E-state index is 11.6. The van der Waals surface area contributed by atoms with E-state index in [0.717, 1.165) is 22.5 Å². The third kappa shape index (κ3) is 5.55. The Kier molecular flexibility index (Phi) is 8.75. The van der Waals surface area contributed by atoms with Gasteiger partial charge in [0.15, 0.2) is 17.3 Å². The molecule has 1 aliphatic heterocycles. The van der Waals surface area contributed by atoms with Crippen LogP contribution in [0.15, 0.2) is 33.7 Å². The first-order chi connectivity index (χ1) is 14.0. The number of fused-ring (bicyclic) bond motifs is 1. The van der Waals surface area contributed by atoms with Crippen LogP contribution in [-0.4, -0.2) is 55.6 Å². The number of carbonyl (C=O) groups excluding carboxylic acids is 2. The molecule has 9 nitrogen and oxygen atoms in total. The maximum atomic E-state index is 11.6. The summed E-state index contributed by atoms with van der Waals surface area (Å²) in [6, 6.07) is 7.27. The molecule has 0 spiro atoms. The third-order valence-electron chi connectivity index (χ3n) is 4.48. The number of imide groups is 1. The summed E-state index contributed by atoms with van der Waals surface area (Å²) in [4.78, 5) is 28.9. The quantitative estimate of drug-likeness (QED) is 0.210. The average Bonchev–Trinajstić information content (AvgIpc) is 3.27. The smallest absolute Gasteiger partial charge is 0.324 e. The van der Waals surface area contributed by atoms with Crippen LogP contribution < -0.4 is 20.7 Å². The summed E-state index contributed by atoms with van der Waals surface area (Å²) < 4.78 is 11.7. The molecule has 1 aromatic heterocycles. The van der Waals surface area contributed by atoms with Crippen LogP contribution in [0.1, 0.15) is 32.6 Å². The van der Waals surface area contributed by atoms with E-state index in [2.05, 4.69) is 20.9 Å². The van der Waals surface area contributed by atoms with Gasteiger partial charge in [0.05, 0.1) is 32.3 Å². The second-order valence-corrected chi connectivity index (χ2v) is 6.59. The molecule has 10 heteroatoms. The maximum Gasteiger partial charge on any atom is 0.324 e. The summed E-state index contributed by atoms with van der Waals surface area (Å²) in [6.45, 7) is 7.71. The van der Waals surface area contributed by atoms with Crippen LogP contribution in [0, 0.1) is 0 Å². The molecule has 30 heavy (non-hydrogen) atoms. The van der Waals surface area contributed by atoms with Crippen LogP contribution in [0.4, 0.5) is 4.79 Å². The average molecular weight is 529 g/mol. The molecule has 1 aliphatic rings. The fourth-order valence-electron chi connectivity index (χ4n) is 3.08. The van der Waals surface area contributed by atoms with E-state index in [9.17, 15) is 9.59 Å². The number of benzene rings is 1. The van der Waals surface area contributed by atoms with Crippen molar-refractivity contribution in [3.8, 4) is 5.75 Å². The van der Waals surface area contributed by atoms with Gasteiger partial charge in [0.25, 0.3) is 0 Å². The van der Waals surface area contributed by atoms with Gasteiger partial charge in [0.2, 0.25) is 5.91 Å². The molecule has 1 saturated heterocycles. The van der Waals surface area contributed by atoms with Gasteiger partial charge in [-0.3, -0.25) is 14.7 Å². The molecule has 0 saturated carbocycles. The normalized spacial score (nSPS) is 15.0. The number of hydrogen-bond acceptors (Lipinski definition) is 5. The molecular weight excluding hydrogens is 501 g/mol. The predicted molar refractivity (Wildman–Crippen MR) is 125 cm³/mol. The Bertz CT molecular complexity index is 898. The minimum atomic E-state index is -0.371. The molecule has 0 aliphatic carbocycles. The number of para-hydroxylation sites is 1. The summed E-state index contributed by atoms with van der Waals surface area (Å²) in [6.07, 6.45) is 0. The molecular formula is C20H28IN5O4. The van der Waals surface area contributed by atoms with Crippen LogP contribution in [0.3, 0.4) is 0 Å². The Labute approximate surface area is 192 Å². The Balaban J connectivity index is 0.00000320. The first kappa shape index (κ1) is 23.8. The van der Waals surface area contributed by atoms with Crippen molar-refractivity contribution in [1.82, 2.24) is 20.9 Å². The number of guanidine groups is 1. The van der Waals surface area contributed by atoms with Crippen molar-refractivity contribution in [2.75, 3.05) is 32.8 Å². The summed E-state index contributed by atoms with van der Waals surface area (Å²) >= 11 is 0. The standard InChI is InChI=1S/C20H27N5O4.HI/c1-4-21-19(22-9-10-25-17(26)12-23-20(25)27)24-13(3)16-11-14-7-6-8-15(28-5-2)18(14)29-16;/h6-8,11,13H,4-5,9-10,12H2,1-3H3,(H,23,27)(H2,21,22,24);1H. The fraction of sp³-hybridized carbons (Fsp3) is 0.450. The highest BCUT2D eigenvalue weighted by Crippen LogP contribution is 2.31. The van der Waals surface area contributed by atoms with Gasteiger partial charge in [-0.1, -0.05) is 12.1 Å². The number of urea groups is 1. The summed E-state index contributed by atoms with van der Waals surface area (Å²) in [5.41, 5.74) is 0.721. The van der Waals surface area contributed by atoms with E-state index in [1.165, 1.54) is 4.90 Å². The highest BCUT2D eigenvalue weighted by molar-refractivity contribution is 14.0. The molecule has 0 bridgehead atoms. The van der Waals surface area contributed by atoms with Crippen molar-refractivity contribution in [2.24, 2.45) is 4.99 Å². The van der Waals surface area contributed by atoms with Gasteiger partial charge in [0.1, 0.15) is 5.76 Å². The lowest BCUT2D eigenvalue weighted by Crippen LogP contribution is -2.39. The molecule has 3 rings (SSSR count). The van der Waals surface area contributed by atoms with Crippen LogP contribution in [0.2, 0.25) is 0 Å². The molecule has 3 amide bonds. The van der Waals surface area contributed by atoms with Crippen molar-refractivity contribution in [3.63, 3.8) is 0 Å². The Morgan fingerprint density at radius 2 is 2.17 bits per heavy atom. The fourth-order valence-corrected chi connectivity index (χ4v) is 3.08. The largest absolute Gasteiger partial charge is 0.490 e. The Hall–Kier alpha value is -2.50. The minimum absolute atomic E-state index is 0. The highest BCUT2D eigenvalue weighted by atomic mass is 127. The van der Waals surface area contributed by atoms with Gasteiger partial charge in [-0.2, -0.15) is 0 Å². The minimum Gasteiger partial charge on any atom is -0.490 e. The Morgan fingerprint density at radius 1 is 1.37 bits per heavy atom. The monoisotopic (exact) mass is 529 g/mol. The van der Waals surface area contributed by atoms with Gasteiger partial charge in [-0.15, -0.1) is 24.0 Å². The van der Waals surface area contributed by atoms with E-state index in [1.54, 1.807) is 0 Å². The molecule has 1 fully saturated rings. The van der Waals surface area contributed by atoms with Crippen LogP contribution in [-0.2, 0) is 4.79 Å². The zero-order valence-corrected chi connectivity index (χ0v) is 19.7. The molecule has 1 unspecified atom stereocenters. The molecule has 3 N–H and O–H groups in total. The topological polar surface area (TPSA) is 108 Å². The summed E-state index contributed by atoms with van der Waals surface area (Å²) in [7, 11) is 0. The van der Waals surface area contributed by atoms with Crippen molar-refractivity contribution < 1.29 is 18.7 Å². The van der Waals surface area contributed by atoms with E-state index >= 15 is 0 Å². The van der Waals surface area contributed by atoms with Crippen molar-refractivity contribution in [1.29, 1.82) is 0 Å². The molecule has 164 valence electrons. The number of amides is 3. The van der Waals surface area contributed by atoms with E-state index in [0.29, 0.717) is 25.7 Å². The van der Waals surface area contributed by atoms with Crippen LogP contribution in [0.5, 0.6) is 5.75 Å². The van der Waals surface area contributed by atoms with Crippen molar-refractivity contribution >= 4 is 52.8 Å². The second kappa shape index (κ2) is 11.0. The number of aliphatic imine (C=N–C) groups is 1. The first-order valence-electron chi connectivity index (χ1n) is 9.81. The number of ether oxygens (including phenoxy) is 1. The first-order valence-corrected chi connectivity index (χ1v) is 9.81. The van der Waals surface area contributed by atoms with Gasteiger partial charge in [-0.25, -0.2) is 4.79 Å². The Morgan fingerprint density at radius 3 is 2.83 bits per heavy atom. The number of halogens is 1. The number of nitrogens with one attached hydrogen (secondary N) is 3. The van der Waals surface area contributed by atoms with E-state index in [1.807, 2.05) is 45.0 Å². The molecule has 1 aromatic carbocycles. The number of hydrogen-bond donors (Lipinski definition) is 3. The zero-order chi connectivity index (χ0) is 20.8. The third-order valence-corrected chi connectivity index (χ3v) is 4.48. The number of nitrogens with zero attached hydrogens (tertiary/aromatic N) is 2. The second-order valence-electron chi connectivity index (χ2n) is 6.59. The lowest BCUT2D eigenvalue weighted by molar-refractivity contribution is -0.124. The summed E-state index contributed by atoms with van der Waals surface area (Å²) in [5, 5.41) is 9.93. The van der Waals surface area contributed by atoms with Gasteiger partial charge < -0.3 is 25.1 Å². The zero-order valence-electron chi connectivity index (χ0n) is 17.4. The molecule has 1 atom stereocenters. The SMILES string of the molecule is CCNC(=NCCN1C(=O)CNC1=O)NC(C)c1cc2cccc(OCC)c2o1.I. The molecule has 2 aromatic rings. The number of furan rings is 1. The van der Waals surface area contributed by atoms with Crippen LogP contribution >= 0.6 is 24.0 Å². The van der Waals surface area contributed by atoms with E-state index in [4.69, 9.17) is 9.15 Å². The molecule has 2 heterocycles. The van der Waals surface area contributed by atoms with Gasteiger partial charge in [0, 0.05) is 11.9 Å². The lowest BCUT2D eigenvalue weighted by atomic mass is 10.2. The molecule has 0 radical (unpaired) electrons. The van der Waals surface area contributed by atoms with E-state index in [-0.39, 0.29) is 55.0 Å². The van der Waals surface area contributed by atoms with Gasteiger partial charge in [-0.05, 0) is 32.9 Å². The van der Waals surface area contributed by atoms with Crippen molar-refractivity contribution in [2.45, 2.75) is 26.8 Å². The van der Waals surface area contributed by atoms with Crippen LogP contribution in [0.25, 0.3) is 11.0 Å². The predicted octanol–water partition coefficient (Wildman–Crippen LogP) is 2.62. The number of rotatable bonds is 8. The van der Waals surface area contributed by atoms with Crippen molar-refractivity contribution in [3.05, 3.63) is 30.0 Å². The number of carbonyl (C=O) groups is 2. The van der Waals surface area contributed by atoms with E-state index < -0.39 is 0 Å². The highest BCUT2D eigenvalue weighted by Gasteiger charge is 2.27. The lowest BCUT2D eigenvalue weighted by Gasteiger charge is -2.17. The summed E-state index contributed by atoms with van der Waals surface area (Å²) in [5.74, 6) is 1.82. The van der Waals surface area contributed by atoms with Gasteiger partial charge >= 0.3 is 6.03 Å².